The van der Waals surface area contributed by atoms with Crippen molar-refractivity contribution in [3.63, 3.8) is 0 Å². The van der Waals surface area contributed by atoms with Crippen LogP contribution in [-0.4, -0.2) is 4.98 Å². The highest BCUT2D eigenvalue weighted by Crippen LogP contribution is 2.51. The van der Waals surface area contributed by atoms with E-state index in [2.05, 4.69) is 158 Å². The van der Waals surface area contributed by atoms with Crippen molar-refractivity contribution in [3.8, 4) is 55.6 Å². The lowest BCUT2D eigenvalue weighted by Crippen LogP contribution is -1.88. The normalized spacial score (nSPS) is 11.9. The third-order valence-corrected chi connectivity index (χ3v) is 9.78. The predicted octanol–water partition coefficient (Wildman–Crippen LogP) is 12.3. The third kappa shape index (κ3) is 3.79. The van der Waals surface area contributed by atoms with Crippen LogP contribution in [-0.2, 0) is 0 Å². The summed E-state index contributed by atoms with van der Waals surface area (Å²) in [6, 6.07) is 57.7. The molecular weight excluding hydrogens is 555 g/mol. The van der Waals surface area contributed by atoms with Crippen LogP contribution in [0.15, 0.2) is 164 Å². The molecular formula is C45H27N. The summed E-state index contributed by atoms with van der Waals surface area (Å²) in [5.74, 6) is 0. The van der Waals surface area contributed by atoms with Crippen molar-refractivity contribution in [1.82, 2.24) is 4.98 Å². The fourth-order valence-corrected chi connectivity index (χ4v) is 7.57. The van der Waals surface area contributed by atoms with Gasteiger partial charge in [0.05, 0.1) is 5.52 Å². The molecule has 1 aliphatic carbocycles. The quantitative estimate of drug-likeness (QED) is 0.189. The van der Waals surface area contributed by atoms with Crippen LogP contribution in [0.4, 0.5) is 0 Å². The first kappa shape index (κ1) is 25.3. The number of rotatable bonds is 3. The summed E-state index contributed by atoms with van der Waals surface area (Å²) in [4.78, 5) is 4.91. The summed E-state index contributed by atoms with van der Waals surface area (Å²) in [6.45, 7) is 0. The van der Waals surface area contributed by atoms with E-state index in [1.165, 1.54) is 82.4 Å². The Balaban J connectivity index is 1.12. The highest BCUT2D eigenvalue weighted by Gasteiger charge is 2.24. The molecule has 0 amide bonds. The van der Waals surface area contributed by atoms with Crippen molar-refractivity contribution in [2.75, 3.05) is 0 Å². The molecule has 1 aliphatic rings. The Bertz CT molecular complexity index is 2700. The van der Waals surface area contributed by atoms with Crippen LogP contribution in [0.2, 0.25) is 0 Å². The molecule has 46 heavy (non-hydrogen) atoms. The van der Waals surface area contributed by atoms with Gasteiger partial charge in [0.15, 0.2) is 0 Å². The highest BCUT2D eigenvalue weighted by molar-refractivity contribution is 6.27. The van der Waals surface area contributed by atoms with E-state index in [1.54, 1.807) is 0 Å². The minimum absolute atomic E-state index is 1.00. The lowest BCUT2D eigenvalue weighted by atomic mass is 9.89. The zero-order valence-corrected chi connectivity index (χ0v) is 25.0. The van der Waals surface area contributed by atoms with Crippen LogP contribution in [0.5, 0.6) is 0 Å². The van der Waals surface area contributed by atoms with E-state index in [-0.39, 0.29) is 0 Å². The van der Waals surface area contributed by atoms with Crippen molar-refractivity contribution in [3.05, 3.63) is 164 Å². The van der Waals surface area contributed by atoms with Gasteiger partial charge in [0.25, 0.3) is 0 Å². The SMILES string of the molecule is c1cc(-c2ccc3ccccc3c2)cc(-c2cnc3ccc(-c4ccc5c6c(cc7ccccc7c46)-c4ccccc4-5)cc3c2)c1. The van der Waals surface area contributed by atoms with Crippen molar-refractivity contribution in [2.24, 2.45) is 0 Å². The first-order valence-electron chi connectivity index (χ1n) is 15.9. The van der Waals surface area contributed by atoms with Crippen LogP contribution in [0, 0.1) is 0 Å². The second kappa shape index (κ2) is 9.72. The molecule has 0 aliphatic heterocycles. The van der Waals surface area contributed by atoms with Gasteiger partial charge in [-0.1, -0.05) is 121 Å². The van der Waals surface area contributed by atoms with E-state index >= 15 is 0 Å². The smallest absolute Gasteiger partial charge is 0.0702 e. The minimum Gasteiger partial charge on any atom is -0.256 e. The molecule has 0 saturated carbocycles. The van der Waals surface area contributed by atoms with E-state index in [0.29, 0.717) is 0 Å². The van der Waals surface area contributed by atoms with Crippen LogP contribution in [0.1, 0.15) is 0 Å². The Morgan fingerprint density at radius 3 is 1.85 bits per heavy atom. The number of hydrogen-bond acceptors (Lipinski definition) is 1. The Morgan fingerprint density at radius 2 is 0.957 bits per heavy atom. The van der Waals surface area contributed by atoms with Crippen molar-refractivity contribution < 1.29 is 0 Å². The lowest BCUT2D eigenvalue weighted by Gasteiger charge is -2.14. The first-order chi connectivity index (χ1) is 22.8. The number of nitrogens with zero attached hydrogens (tertiary/aromatic N) is 1. The van der Waals surface area contributed by atoms with Crippen molar-refractivity contribution >= 4 is 43.2 Å². The summed E-state index contributed by atoms with van der Waals surface area (Å²) >= 11 is 0. The third-order valence-electron chi connectivity index (χ3n) is 9.78. The summed E-state index contributed by atoms with van der Waals surface area (Å²) in [7, 11) is 0. The molecule has 0 unspecified atom stereocenters. The molecule has 0 bridgehead atoms. The molecule has 0 radical (unpaired) electrons. The molecule has 10 rings (SSSR count). The van der Waals surface area contributed by atoms with E-state index in [0.717, 1.165) is 16.5 Å². The average Bonchev–Trinajstić information content (AvgIpc) is 3.45. The molecule has 0 N–H and O–H groups in total. The van der Waals surface area contributed by atoms with Crippen molar-refractivity contribution in [1.29, 1.82) is 0 Å². The van der Waals surface area contributed by atoms with Gasteiger partial charge in [-0.05, 0) is 119 Å². The molecule has 0 fully saturated rings. The summed E-state index contributed by atoms with van der Waals surface area (Å²) < 4.78 is 0. The van der Waals surface area contributed by atoms with Gasteiger partial charge in [0.2, 0.25) is 0 Å². The van der Waals surface area contributed by atoms with Gasteiger partial charge in [-0.15, -0.1) is 0 Å². The fourth-order valence-electron chi connectivity index (χ4n) is 7.57. The fraction of sp³-hybridized carbons (Fsp3) is 0. The zero-order chi connectivity index (χ0) is 30.2. The molecule has 1 heteroatoms. The lowest BCUT2D eigenvalue weighted by molar-refractivity contribution is 1.41. The zero-order valence-electron chi connectivity index (χ0n) is 25.0. The van der Waals surface area contributed by atoms with Gasteiger partial charge < -0.3 is 0 Å². The summed E-state index contributed by atoms with van der Waals surface area (Å²) in [5, 5.41) is 8.91. The predicted molar refractivity (Wildman–Crippen MR) is 195 cm³/mol. The Labute approximate surface area is 267 Å². The molecule has 1 nitrogen and oxygen atoms in total. The van der Waals surface area contributed by atoms with Gasteiger partial charge in [0, 0.05) is 17.1 Å². The standard InChI is InChI=1S/C45H27N/c1-2-9-29-22-32(17-16-28(29)8-1)30-11-7-12-31(23-30)36-25-35-24-34(18-21-43(35)46-27-36)38-19-20-41-39-14-5-6-15-40(39)42-26-33-10-3-4-13-37(33)44(38)45(41)42/h1-27H. The Hall–Kier alpha value is -6.05. The van der Waals surface area contributed by atoms with E-state index in [9.17, 15) is 0 Å². The minimum atomic E-state index is 1.00. The van der Waals surface area contributed by atoms with E-state index in [4.69, 9.17) is 4.98 Å². The monoisotopic (exact) mass is 581 g/mol. The molecule has 1 heterocycles. The number of hydrogen-bond donors (Lipinski definition) is 0. The molecule has 8 aromatic carbocycles. The first-order valence-corrected chi connectivity index (χ1v) is 15.9. The average molecular weight is 582 g/mol. The number of pyridine rings is 1. The van der Waals surface area contributed by atoms with Crippen LogP contribution in [0.25, 0.3) is 98.9 Å². The maximum atomic E-state index is 4.91. The second-order valence-corrected chi connectivity index (χ2v) is 12.4. The van der Waals surface area contributed by atoms with Gasteiger partial charge in [-0.2, -0.15) is 0 Å². The summed E-state index contributed by atoms with van der Waals surface area (Å²) in [5.41, 5.74) is 13.5. The van der Waals surface area contributed by atoms with Crippen LogP contribution < -0.4 is 0 Å². The molecule has 0 saturated heterocycles. The molecule has 0 atom stereocenters. The number of benzene rings is 8. The number of aromatic nitrogens is 1. The molecule has 212 valence electrons. The van der Waals surface area contributed by atoms with E-state index < -0.39 is 0 Å². The van der Waals surface area contributed by atoms with Crippen LogP contribution >= 0.6 is 0 Å². The Morgan fingerprint density at radius 1 is 0.304 bits per heavy atom. The van der Waals surface area contributed by atoms with Gasteiger partial charge in [-0.3, -0.25) is 4.98 Å². The maximum Gasteiger partial charge on any atom is 0.0702 e. The van der Waals surface area contributed by atoms with Crippen molar-refractivity contribution in [2.45, 2.75) is 0 Å². The number of fused-ring (bicyclic) bond motifs is 7. The largest absolute Gasteiger partial charge is 0.256 e. The summed E-state index contributed by atoms with van der Waals surface area (Å²) in [6.07, 6.45) is 2.01. The molecule has 1 aromatic heterocycles. The van der Waals surface area contributed by atoms with Gasteiger partial charge >= 0.3 is 0 Å². The van der Waals surface area contributed by atoms with Gasteiger partial charge in [0.1, 0.15) is 0 Å². The van der Waals surface area contributed by atoms with E-state index in [1.807, 2.05) is 6.20 Å². The highest BCUT2D eigenvalue weighted by atomic mass is 14.6. The topological polar surface area (TPSA) is 12.9 Å². The molecule has 0 spiro atoms. The Kier molecular flexibility index (Phi) is 5.35. The maximum absolute atomic E-state index is 4.91. The second-order valence-electron chi connectivity index (χ2n) is 12.4. The molecule has 9 aromatic rings. The van der Waals surface area contributed by atoms with Crippen LogP contribution in [0.3, 0.4) is 0 Å². The van der Waals surface area contributed by atoms with Gasteiger partial charge in [-0.25, -0.2) is 0 Å².